The van der Waals surface area contributed by atoms with Gasteiger partial charge < -0.3 is 10.2 Å². The highest BCUT2D eigenvalue weighted by atomic mass is 32.2. The van der Waals surface area contributed by atoms with E-state index in [2.05, 4.69) is 20.5 Å². The average molecular weight is 437 g/mol. The van der Waals surface area contributed by atoms with E-state index in [1.807, 2.05) is 72.5 Å². The second kappa shape index (κ2) is 9.23. The Hall–Kier alpha value is -3.30. The van der Waals surface area contributed by atoms with Gasteiger partial charge in [0.15, 0.2) is 11.6 Å². The number of nitrogens with one attached hydrogen (secondary N) is 1. The van der Waals surface area contributed by atoms with E-state index >= 15 is 0 Å². The number of benzene rings is 1. The van der Waals surface area contributed by atoms with Crippen LogP contribution in [0.3, 0.4) is 0 Å². The van der Waals surface area contributed by atoms with Gasteiger partial charge in [-0.1, -0.05) is 36.4 Å². The number of pyridine rings is 1. The van der Waals surface area contributed by atoms with Crippen LogP contribution in [-0.4, -0.2) is 54.1 Å². The fourth-order valence-electron chi connectivity index (χ4n) is 3.29. The molecule has 1 aliphatic rings. The van der Waals surface area contributed by atoms with Gasteiger partial charge in [0.1, 0.15) is 5.82 Å². The van der Waals surface area contributed by atoms with Crippen LogP contribution in [0.5, 0.6) is 0 Å². The van der Waals surface area contributed by atoms with Gasteiger partial charge >= 0.3 is 0 Å². The zero-order valence-electron chi connectivity index (χ0n) is 17.2. The van der Waals surface area contributed by atoms with Gasteiger partial charge in [-0.15, -0.1) is 10.2 Å². The lowest BCUT2D eigenvalue weighted by atomic mass is 10.2. The summed E-state index contributed by atoms with van der Waals surface area (Å²) in [7, 11) is -3.46. The molecule has 3 heterocycles. The smallest absolute Gasteiger partial charge is 0.236 e. The Morgan fingerprint density at radius 1 is 0.871 bits per heavy atom. The quantitative estimate of drug-likeness (QED) is 0.635. The maximum Gasteiger partial charge on any atom is 0.236 e. The topological polar surface area (TPSA) is 91.3 Å². The molecule has 0 aliphatic carbocycles. The molecule has 3 aromatic rings. The Morgan fingerprint density at radius 3 is 2.32 bits per heavy atom. The van der Waals surface area contributed by atoms with Gasteiger partial charge in [-0.3, -0.25) is 0 Å². The summed E-state index contributed by atoms with van der Waals surface area (Å²) in [6.07, 6.45) is 1.63. The van der Waals surface area contributed by atoms with Crippen LogP contribution < -0.4 is 10.2 Å². The van der Waals surface area contributed by atoms with Gasteiger partial charge in [-0.05, 0) is 42.8 Å². The number of piperazine rings is 1. The number of rotatable bonds is 6. The van der Waals surface area contributed by atoms with E-state index < -0.39 is 10.0 Å². The second-order valence-corrected chi connectivity index (χ2v) is 9.03. The minimum absolute atomic E-state index is 0.399. The lowest BCUT2D eigenvalue weighted by Gasteiger charge is -2.33. The number of aryl methyl sites for hydroxylation is 1. The van der Waals surface area contributed by atoms with E-state index in [9.17, 15) is 8.42 Å². The van der Waals surface area contributed by atoms with Crippen molar-refractivity contribution in [2.45, 2.75) is 6.92 Å². The number of hydrogen-bond acceptors (Lipinski definition) is 7. The average Bonchev–Trinajstić information content (AvgIpc) is 2.79. The van der Waals surface area contributed by atoms with Crippen molar-refractivity contribution in [1.29, 1.82) is 0 Å². The Morgan fingerprint density at radius 2 is 1.65 bits per heavy atom. The molecule has 0 amide bonds. The summed E-state index contributed by atoms with van der Waals surface area (Å²) < 4.78 is 26.7. The van der Waals surface area contributed by atoms with Crippen molar-refractivity contribution in [3.05, 3.63) is 77.3 Å². The minimum atomic E-state index is -3.46. The van der Waals surface area contributed by atoms with Gasteiger partial charge in [-0.25, -0.2) is 13.4 Å². The van der Waals surface area contributed by atoms with Crippen molar-refractivity contribution in [3.8, 4) is 0 Å². The predicted molar refractivity (Wildman–Crippen MR) is 122 cm³/mol. The van der Waals surface area contributed by atoms with Crippen LogP contribution in [0.1, 0.15) is 11.3 Å². The van der Waals surface area contributed by atoms with Crippen LogP contribution >= 0.6 is 0 Å². The van der Waals surface area contributed by atoms with E-state index in [0.717, 1.165) is 17.1 Å². The van der Waals surface area contributed by atoms with Crippen LogP contribution in [0.4, 0.5) is 17.5 Å². The van der Waals surface area contributed by atoms with Gasteiger partial charge in [0.2, 0.25) is 10.0 Å². The molecule has 160 valence electrons. The number of hydrogen-bond donors (Lipinski definition) is 1. The monoisotopic (exact) mass is 436 g/mol. The first-order valence-corrected chi connectivity index (χ1v) is 11.5. The lowest BCUT2D eigenvalue weighted by Crippen LogP contribution is -2.48. The maximum atomic E-state index is 12.6. The zero-order chi connectivity index (χ0) is 21.7. The summed E-state index contributed by atoms with van der Waals surface area (Å²) in [6.45, 7) is 3.84. The standard InChI is InChI=1S/C22H24N6O2S/c1-18-6-5-9-20(23-18)24-21-10-11-22(26-25-21)27-13-15-28(16-14-27)31(29,30)17-12-19-7-3-2-4-8-19/h2-12,17H,13-16H2,1H3,(H,23,24,25)/b17-12+. The van der Waals surface area contributed by atoms with Crippen molar-refractivity contribution < 1.29 is 8.42 Å². The summed E-state index contributed by atoms with van der Waals surface area (Å²) in [4.78, 5) is 6.43. The summed E-state index contributed by atoms with van der Waals surface area (Å²) in [5, 5.41) is 12.9. The van der Waals surface area contributed by atoms with Crippen LogP contribution in [0, 0.1) is 6.92 Å². The first-order chi connectivity index (χ1) is 15.0. The van der Waals surface area contributed by atoms with Gasteiger partial charge in [0.05, 0.1) is 0 Å². The molecule has 31 heavy (non-hydrogen) atoms. The first kappa shape index (κ1) is 21.0. The van der Waals surface area contributed by atoms with Crippen molar-refractivity contribution in [3.63, 3.8) is 0 Å². The van der Waals surface area contributed by atoms with Gasteiger partial charge in [-0.2, -0.15) is 4.31 Å². The number of anilines is 3. The Bertz CT molecular complexity index is 1140. The number of aromatic nitrogens is 3. The largest absolute Gasteiger partial charge is 0.352 e. The van der Waals surface area contributed by atoms with Gasteiger partial charge in [0.25, 0.3) is 0 Å². The zero-order valence-corrected chi connectivity index (χ0v) is 18.0. The molecule has 0 saturated carbocycles. The highest BCUT2D eigenvalue weighted by molar-refractivity contribution is 7.92. The lowest BCUT2D eigenvalue weighted by molar-refractivity contribution is 0.388. The van der Waals surface area contributed by atoms with E-state index in [1.165, 1.54) is 9.71 Å². The van der Waals surface area contributed by atoms with E-state index in [0.29, 0.717) is 37.8 Å². The minimum Gasteiger partial charge on any atom is -0.352 e. The van der Waals surface area contributed by atoms with Gasteiger partial charge in [0, 0.05) is 37.3 Å². The molecule has 0 unspecified atom stereocenters. The Balaban J connectivity index is 1.34. The highest BCUT2D eigenvalue weighted by Gasteiger charge is 2.25. The van der Waals surface area contributed by atoms with Crippen LogP contribution in [-0.2, 0) is 10.0 Å². The van der Waals surface area contributed by atoms with Crippen LogP contribution in [0.25, 0.3) is 6.08 Å². The summed E-state index contributed by atoms with van der Waals surface area (Å²) in [6, 6.07) is 18.8. The van der Waals surface area contributed by atoms with E-state index in [-0.39, 0.29) is 0 Å². The molecule has 0 atom stereocenters. The molecule has 0 radical (unpaired) electrons. The first-order valence-electron chi connectivity index (χ1n) is 10.0. The second-order valence-electron chi connectivity index (χ2n) is 7.21. The maximum absolute atomic E-state index is 12.6. The number of sulfonamides is 1. The molecule has 1 N–H and O–H groups in total. The fourth-order valence-corrected chi connectivity index (χ4v) is 4.46. The van der Waals surface area contributed by atoms with Crippen molar-refractivity contribution in [2.24, 2.45) is 0 Å². The molecular weight excluding hydrogens is 412 g/mol. The van der Waals surface area contributed by atoms with E-state index in [1.54, 1.807) is 6.08 Å². The normalized spacial score (nSPS) is 15.3. The molecule has 0 spiro atoms. The SMILES string of the molecule is Cc1cccc(Nc2ccc(N3CCN(S(=O)(=O)/C=C/c4ccccc4)CC3)nn2)n1. The summed E-state index contributed by atoms with van der Waals surface area (Å²) in [5.74, 6) is 2.04. The van der Waals surface area contributed by atoms with Crippen molar-refractivity contribution in [2.75, 3.05) is 36.4 Å². The molecule has 4 rings (SSSR count). The highest BCUT2D eigenvalue weighted by Crippen LogP contribution is 2.18. The Labute approximate surface area is 182 Å². The third-order valence-electron chi connectivity index (χ3n) is 4.95. The molecule has 1 fully saturated rings. The number of nitrogens with zero attached hydrogens (tertiary/aromatic N) is 5. The van der Waals surface area contributed by atoms with Crippen molar-refractivity contribution in [1.82, 2.24) is 19.5 Å². The fraction of sp³-hybridized carbons (Fsp3) is 0.227. The molecule has 1 saturated heterocycles. The molecule has 2 aromatic heterocycles. The molecule has 1 aliphatic heterocycles. The molecule has 1 aromatic carbocycles. The third kappa shape index (κ3) is 5.44. The molecule has 8 nitrogen and oxygen atoms in total. The summed E-state index contributed by atoms with van der Waals surface area (Å²) in [5.41, 5.74) is 1.77. The van der Waals surface area contributed by atoms with Crippen LogP contribution in [0.2, 0.25) is 0 Å². The molecular formula is C22H24N6O2S. The predicted octanol–water partition coefficient (Wildman–Crippen LogP) is 3.05. The third-order valence-corrected chi connectivity index (χ3v) is 6.51. The van der Waals surface area contributed by atoms with Crippen LogP contribution in [0.15, 0.2) is 66.1 Å². The van der Waals surface area contributed by atoms with E-state index in [4.69, 9.17) is 0 Å². The molecule has 0 bridgehead atoms. The Kier molecular flexibility index (Phi) is 6.24. The molecule has 9 heteroatoms. The van der Waals surface area contributed by atoms with Crippen molar-refractivity contribution >= 4 is 33.6 Å². The summed E-state index contributed by atoms with van der Waals surface area (Å²) >= 11 is 0.